The highest BCUT2D eigenvalue weighted by Crippen LogP contribution is 1.96. The van der Waals surface area contributed by atoms with Gasteiger partial charge in [-0.3, -0.25) is 0 Å². The van der Waals surface area contributed by atoms with E-state index in [9.17, 15) is 0 Å². The minimum atomic E-state index is 0.264. The lowest BCUT2D eigenvalue weighted by molar-refractivity contribution is 0.933. The summed E-state index contributed by atoms with van der Waals surface area (Å²) in [6, 6.07) is 12.9. The first-order valence-electron chi connectivity index (χ1n) is 6.52. The van der Waals surface area contributed by atoms with Crippen molar-refractivity contribution < 1.29 is 0 Å². The van der Waals surface area contributed by atoms with Crippen molar-refractivity contribution in [2.45, 2.75) is 0 Å². The van der Waals surface area contributed by atoms with Crippen LogP contribution in [0.1, 0.15) is 0 Å². The number of hydrogen-bond acceptors (Lipinski definition) is 0. The quantitative estimate of drug-likeness (QED) is 0.591. The summed E-state index contributed by atoms with van der Waals surface area (Å²) >= 11 is 0. The maximum Gasteiger partial charge on any atom is 0.302 e. The van der Waals surface area contributed by atoms with Gasteiger partial charge in [0, 0.05) is 39.7 Å². The summed E-state index contributed by atoms with van der Waals surface area (Å²) in [6.45, 7) is 0.264. The van der Waals surface area contributed by atoms with E-state index in [4.69, 9.17) is 0 Å². The van der Waals surface area contributed by atoms with Crippen molar-refractivity contribution in [2.75, 3.05) is 0 Å². The number of aromatic nitrogens is 3. The third-order valence-corrected chi connectivity index (χ3v) is 3.84. The topological polar surface area (TPSA) is 14.8 Å². The maximum absolute atomic E-state index is 2.20. The van der Waals surface area contributed by atoms with Gasteiger partial charge in [-0.25, -0.2) is 0 Å². The molecule has 0 saturated heterocycles. The molecule has 3 rings (SSSR count). The van der Waals surface area contributed by atoms with Gasteiger partial charge < -0.3 is 13.7 Å². The van der Waals surface area contributed by atoms with E-state index in [2.05, 4.69) is 89.8 Å². The van der Waals surface area contributed by atoms with E-state index in [1.54, 1.807) is 0 Å². The van der Waals surface area contributed by atoms with Gasteiger partial charge in [-0.1, -0.05) is 0 Å². The average molecular weight is 251 g/mol. The van der Waals surface area contributed by atoms with Crippen LogP contribution in [0.25, 0.3) is 0 Å². The van der Waals surface area contributed by atoms with E-state index in [0.29, 0.717) is 0 Å². The van der Waals surface area contributed by atoms with Crippen molar-refractivity contribution >= 4 is 23.5 Å². The first-order chi connectivity index (χ1) is 9.18. The van der Waals surface area contributed by atoms with Crippen molar-refractivity contribution in [1.29, 1.82) is 0 Å². The van der Waals surface area contributed by atoms with Gasteiger partial charge in [0.25, 0.3) is 0 Å². The van der Waals surface area contributed by atoms with E-state index in [-0.39, 0.29) is 6.71 Å². The molecule has 3 nitrogen and oxygen atoms in total. The Morgan fingerprint density at radius 3 is 1.16 bits per heavy atom. The van der Waals surface area contributed by atoms with Gasteiger partial charge in [-0.2, -0.15) is 0 Å². The van der Waals surface area contributed by atoms with Crippen LogP contribution in [-0.4, -0.2) is 20.4 Å². The normalized spacial score (nSPS) is 10.9. The van der Waals surface area contributed by atoms with Crippen molar-refractivity contribution in [3.05, 3.63) is 55.0 Å². The van der Waals surface area contributed by atoms with E-state index in [0.717, 1.165) is 0 Å². The Labute approximate surface area is 114 Å². The minimum Gasteiger partial charge on any atom is -0.362 e. The lowest BCUT2D eigenvalue weighted by atomic mass is 9.42. The zero-order valence-corrected chi connectivity index (χ0v) is 11.6. The number of nitrogens with zero attached hydrogens (tertiary/aromatic N) is 3. The first kappa shape index (κ1) is 12.0. The summed E-state index contributed by atoms with van der Waals surface area (Å²) in [5, 5.41) is 0. The van der Waals surface area contributed by atoms with Crippen LogP contribution in [-0.2, 0) is 21.1 Å². The number of aryl methyl sites for hydroxylation is 3. The Kier molecular flexibility index (Phi) is 2.86. The standard InChI is InChI=1S/C15H18BN3/c1-17-10-4-7-13(17)16(14-8-5-11-18(14)2)15-9-6-12-19(15)3/h4-12H,1-3H3. The molecule has 0 saturated carbocycles. The molecule has 0 aliphatic heterocycles. The molecule has 19 heavy (non-hydrogen) atoms. The molecule has 0 unspecified atom stereocenters. The third-order valence-electron chi connectivity index (χ3n) is 3.84. The molecule has 0 aliphatic rings. The largest absolute Gasteiger partial charge is 0.362 e. The summed E-state index contributed by atoms with van der Waals surface area (Å²) in [7, 11) is 6.32. The van der Waals surface area contributed by atoms with Gasteiger partial charge in [0.05, 0.1) is 0 Å². The third kappa shape index (κ3) is 1.93. The second-order valence-electron chi connectivity index (χ2n) is 5.06. The monoisotopic (exact) mass is 251 g/mol. The van der Waals surface area contributed by atoms with E-state index >= 15 is 0 Å². The zero-order valence-electron chi connectivity index (χ0n) is 11.6. The van der Waals surface area contributed by atoms with Gasteiger partial charge >= 0.3 is 6.71 Å². The van der Waals surface area contributed by atoms with Gasteiger partial charge in [0.1, 0.15) is 0 Å². The molecule has 0 aliphatic carbocycles. The highest BCUT2D eigenvalue weighted by Gasteiger charge is 2.28. The molecule has 0 radical (unpaired) electrons. The van der Waals surface area contributed by atoms with Crippen LogP contribution >= 0.6 is 0 Å². The van der Waals surface area contributed by atoms with E-state index in [1.165, 1.54) is 16.8 Å². The molecule has 0 spiro atoms. The molecule has 3 aromatic rings. The summed E-state index contributed by atoms with van der Waals surface area (Å²) < 4.78 is 6.60. The lowest BCUT2D eigenvalue weighted by Crippen LogP contribution is -2.58. The number of hydrogen-bond donors (Lipinski definition) is 0. The van der Waals surface area contributed by atoms with Crippen LogP contribution in [0, 0.1) is 0 Å². The average Bonchev–Trinajstić information content (AvgIpc) is 3.07. The molecule has 0 atom stereocenters. The molecule has 0 fully saturated rings. The highest BCUT2D eigenvalue weighted by atomic mass is 15.0. The summed E-state index contributed by atoms with van der Waals surface area (Å²) in [5.41, 5.74) is 3.93. The highest BCUT2D eigenvalue weighted by molar-refractivity contribution is 6.94. The Morgan fingerprint density at radius 1 is 0.632 bits per heavy atom. The van der Waals surface area contributed by atoms with E-state index in [1.807, 2.05) is 0 Å². The van der Waals surface area contributed by atoms with Gasteiger partial charge in [-0.05, 0) is 53.2 Å². The summed E-state index contributed by atoms with van der Waals surface area (Å²) in [5.74, 6) is 0. The number of rotatable bonds is 3. The van der Waals surface area contributed by atoms with Crippen LogP contribution in [0.4, 0.5) is 0 Å². The smallest absolute Gasteiger partial charge is 0.302 e. The second kappa shape index (κ2) is 4.54. The molecule has 3 aromatic heterocycles. The Morgan fingerprint density at radius 2 is 0.947 bits per heavy atom. The van der Waals surface area contributed by atoms with Crippen LogP contribution < -0.4 is 16.8 Å². The molecule has 3 heterocycles. The van der Waals surface area contributed by atoms with Crippen molar-refractivity contribution in [1.82, 2.24) is 13.7 Å². The fourth-order valence-corrected chi connectivity index (χ4v) is 2.78. The van der Waals surface area contributed by atoms with Crippen LogP contribution in [0.3, 0.4) is 0 Å². The molecule has 0 N–H and O–H groups in total. The van der Waals surface area contributed by atoms with Gasteiger partial charge in [-0.15, -0.1) is 0 Å². The molecule has 0 bridgehead atoms. The SMILES string of the molecule is Cn1cccc1B(c1cccn1C)c1cccn1C. The van der Waals surface area contributed by atoms with E-state index < -0.39 is 0 Å². The molecular formula is C15H18BN3. The molecular weight excluding hydrogens is 233 g/mol. The summed E-state index contributed by atoms with van der Waals surface area (Å²) in [6.07, 6.45) is 6.32. The van der Waals surface area contributed by atoms with Gasteiger partial charge in [0.2, 0.25) is 0 Å². The molecule has 0 aromatic carbocycles. The Balaban J connectivity index is 2.20. The van der Waals surface area contributed by atoms with Crippen LogP contribution in [0.5, 0.6) is 0 Å². The predicted molar refractivity (Wildman–Crippen MR) is 80.9 cm³/mol. The summed E-state index contributed by atoms with van der Waals surface area (Å²) in [4.78, 5) is 0. The Hall–Kier alpha value is -2.10. The van der Waals surface area contributed by atoms with Gasteiger partial charge in [0.15, 0.2) is 0 Å². The lowest BCUT2D eigenvalue weighted by Gasteiger charge is -2.17. The molecule has 96 valence electrons. The molecule has 0 amide bonds. The predicted octanol–water partition coefficient (Wildman–Crippen LogP) is 0.218. The maximum atomic E-state index is 2.20. The zero-order chi connectivity index (χ0) is 13.4. The molecule has 4 heteroatoms. The fourth-order valence-electron chi connectivity index (χ4n) is 2.78. The van der Waals surface area contributed by atoms with Crippen molar-refractivity contribution in [2.24, 2.45) is 21.1 Å². The second-order valence-corrected chi connectivity index (χ2v) is 5.06. The van der Waals surface area contributed by atoms with Crippen LogP contribution in [0.2, 0.25) is 0 Å². The minimum absolute atomic E-state index is 0.264. The van der Waals surface area contributed by atoms with Crippen molar-refractivity contribution in [3.8, 4) is 0 Å². The van der Waals surface area contributed by atoms with Crippen LogP contribution in [0.15, 0.2) is 55.0 Å². The Bertz CT molecular complexity index is 594. The van der Waals surface area contributed by atoms with Crippen molar-refractivity contribution in [3.63, 3.8) is 0 Å². The first-order valence-corrected chi connectivity index (χ1v) is 6.52. The fraction of sp³-hybridized carbons (Fsp3) is 0.200.